The Morgan fingerprint density at radius 3 is 2.97 bits per heavy atom. The van der Waals surface area contributed by atoms with Crippen molar-refractivity contribution in [1.29, 1.82) is 0 Å². The molecule has 160 valence electrons. The summed E-state index contributed by atoms with van der Waals surface area (Å²) in [6.07, 6.45) is 7.13. The lowest BCUT2D eigenvalue weighted by Crippen LogP contribution is -2.48. The molecule has 0 spiro atoms. The standard InChI is InChI=1S/C23H32N6S/c1-15(24)12-19(30)27-13-17-9-10-23(14-27)20(17)29(23)22-25-21-18(8-5-11-28(21)26-22)16-6-3-2-4-7-16/h2-4,6-7,12,15,17-18,20,22,26,30H,5,8-11,13-14,24H2,1H3/b19-12-/t15?,17-,18?,20-,22?,23?,29?/m0/s1. The zero-order valence-corrected chi connectivity index (χ0v) is 18.5. The van der Waals surface area contributed by atoms with Gasteiger partial charge < -0.3 is 10.6 Å². The molecule has 5 aliphatic rings. The van der Waals surface area contributed by atoms with Crippen LogP contribution in [0.2, 0.25) is 0 Å². The predicted octanol–water partition coefficient (Wildman–Crippen LogP) is 2.33. The predicted molar refractivity (Wildman–Crippen MR) is 123 cm³/mol. The monoisotopic (exact) mass is 424 g/mol. The van der Waals surface area contributed by atoms with Gasteiger partial charge in [0.2, 0.25) is 0 Å². The van der Waals surface area contributed by atoms with E-state index in [1.165, 1.54) is 37.1 Å². The first-order valence-corrected chi connectivity index (χ1v) is 11.9. The molecule has 5 unspecified atom stereocenters. The summed E-state index contributed by atoms with van der Waals surface area (Å²) in [6, 6.07) is 11.6. The Kier molecular flexibility index (Phi) is 4.46. The van der Waals surface area contributed by atoms with Gasteiger partial charge in [-0.3, -0.25) is 9.91 Å². The summed E-state index contributed by atoms with van der Waals surface area (Å²) >= 11 is 4.77. The fourth-order valence-corrected chi connectivity index (χ4v) is 6.97. The number of nitrogens with zero attached hydrogens (tertiary/aromatic N) is 4. The highest BCUT2D eigenvalue weighted by Gasteiger charge is 2.74. The zero-order valence-electron chi connectivity index (χ0n) is 17.6. The summed E-state index contributed by atoms with van der Waals surface area (Å²) in [4.78, 5) is 10.4. The highest BCUT2D eigenvalue weighted by molar-refractivity contribution is 7.84. The maximum Gasteiger partial charge on any atom is 0.175 e. The molecule has 1 aliphatic carbocycles. The molecule has 1 aromatic rings. The van der Waals surface area contributed by atoms with Gasteiger partial charge in [-0.15, -0.1) is 12.6 Å². The second-order valence-electron chi connectivity index (χ2n) is 9.77. The molecule has 0 amide bonds. The minimum absolute atomic E-state index is 0.0365. The van der Waals surface area contributed by atoms with Gasteiger partial charge in [0.25, 0.3) is 0 Å². The minimum Gasteiger partial charge on any atom is -0.365 e. The van der Waals surface area contributed by atoms with Gasteiger partial charge in [-0.2, -0.15) is 5.43 Å². The molecular weight excluding hydrogens is 392 g/mol. The third-order valence-electron chi connectivity index (χ3n) is 7.80. The summed E-state index contributed by atoms with van der Waals surface area (Å²) < 4.78 is 0. The molecule has 4 fully saturated rings. The molecule has 1 saturated carbocycles. The molecule has 2 bridgehead atoms. The van der Waals surface area contributed by atoms with E-state index in [0.29, 0.717) is 17.9 Å². The second-order valence-corrected chi connectivity index (χ2v) is 10.2. The van der Waals surface area contributed by atoms with Gasteiger partial charge in [0, 0.05) is 37.6 Å². The Balaban J connectivity index is 1.24. The number of aliphatic imine (C=N–C) groups is 1. The molecule has 7 heteroatoms. The normalized spacial score (nSPS) is 40.7. The Morgan fingerprint density at radius 2 is 2.17 bits per heavy atom. The number of amidine groups is 1. The maximum absolute atomic E-state index is 5.99. The second kappa shape index (κ2) is 6.99. The Bertz CT molecular complexity index is 885. The van der Waals surface area contributed by atoms with Gasteiger partial charge in [0.05, 0.1) is 10.6 Å². The average molecular weight is 425 g/mol. The van der Waals surface area contributed by atoms with Crippen LogP contribution in [-0.4, -0.2) is 64.2 Å². The summed E-state index contributed by atoms with van der Waals surface area (Å²) in [5.41, 5.74) is 11.4. The van der Waals surface area contributed by atoms with Crippen LogP contribution in [0.1, 0.15) is 44.1 Å². The lowest BCUT2D eigenvalue weighted by atomic mass is 9.90. The molecule has 4 heterocycles. The average Bonchev–Trinajstić information content (AvgIpc) is 3.11. The van der Waals surface area contributed by atoms with E-state index in [1.807, 2.05) is 6.92 Å². The fourth-order valence-electron chi connectivity index (χ4n) is 6.59. The maximum atomic E-state index is 5.99. The summed E-state index contributed by atoms with van der Waals surface area (Å²) in [5.74, 6) is 2.34. The number of hydrogen-bond donors (Lipinski definition) is 3. The van der Waals surface area contributed by atoms with Crippen LogP contribution < -0.4 is 11.2 Å². The number of hydrazine groups is 1. The molecule has 0 radical (unpaired) electrons. The number of rotatable bonds is 4. The number of likely N-dealkylation sites (tertiary alicyclic amines) is 2. The Morgan fingerprint density at radius 1 is 1.33 bits per heavy atom. The smallest absolute Gasteiger partial charge is 0.175 e. The minimum atomic E-state index is 0.0365. The lowest BCUT2D eigenvalue weighted by Gasteiger charge is -2.32. The fraction of sp³-hybridized carbons (Fsp3) is 0.609. The van der Waals surface area contributed by atoms with E-state index >= 15 is 0 Å². The van der Waals surface area contributed by atoms with Crippen molar-refractivity contribution in [3.63, 3.8) is 0 Å². The van der Waals surface area contributed by atoms with Crippen molar-refractivity contribution in [3.05, 3.63) is 47.0 Å². The van der Waals surface area contributed by atoms with E-state index in [9.17, 15) is 0 Å². The van der Waals surface area contributed by atoms with Crippen molar-refractivity contribution in [3.8, 4) is 0 Å². The number of thiol groups is 1. The van der Waals surface area contributed by atoms with E-state index in [-0.39, 0.29) is 17.9 Å². The van der Waals surface area contributed by atoms with Crippen molar-refractivity contribution < 1.29 is 0 Å². The van der Waals surface area contributed by atoms with Crippen LogP contribution in [0, 0.1) is 5.92 Å². The number of benzene rings is 1. The largest absolute Gasteiger partial charge is 0.365 e. The molecule has 4 aliphatic heterocycles. The van der Waals surface area contributed by atoms with E-state index in [1.54, 1.807) is 0 Å². The third kappa shape index (κ3) is 2.86. The quantitative estimate of drug-likeness (QED) is 0.512. The van der Waals surface area contributed by atoms with Gasteiger partial charge in [-0.1, -0.05) is 30.3 Å². The summed E-state index contributed by atoms with van der Waals surface area (Å²) in [6.45, 7) is 5.20. The van der Waals surface area contributed by atoms with E-state index in [4.69, 9.17) is 23.4 Å². The molecule has 0 aromatic heterocycles. The molecule has 7 atom stereocenters. The van der Waals surface area contributed by atoms with Crippen LogP contribution in [0.25, 0.3) is 0 Å². The highest BCUT2D eigenvalue weighted by atomic mass is 32.1. The molecule has 1 aromatic carbocycles. The van der Waals surface area contributed by atoms with Crippen molar-refractivity contribution >= 4 is 18.5 Å². The first-order chi connectivity index (χ1) is 14.6. The zero-order chi connectivity index (χ0) is 20.5. The van der Waals surface area contributed by atoms with Gasteiger partial charge in [0.1, 0.15) is 5.84 Å². The Labute approximate surface area is 184 Å². The van der Waals surface area contributed by atoms with Gasteiger partial charge in [0.15, 0.2) is 6.29 Å². The van der Waals surface area contributed by atoms with Crippen molar-refractivity contribution in [2.45, 2.75) is 62.4 Å². The number of hydrogen-bond acceptors (Lipinski definition) is 7. The van der Waals surface area contributed by atoms with Crippen LogP contribution in [-0.2, 0) is 0 Å². The van der Waals surface area contributed by atoms with Crippen LogP contribution in [0.4, 0.5) is 0 Å². The number of fused-ring (bicyclic) bond motifs is 1. The van der Waals surface area contributed by atoms with Gasteiger partial charge >= 0.3 is 0 Å². The molecule has 6 rings (SSSR count). The molecule has 3 saturated heterocycles. The summed E-state index contributed by atoms with van der Waals surface area (Å²) in [7, 11) is 0. The summed E-state index contributed by atoms with van der Waals surface area (Å²) in [5, 5.41) is 3.37. The van der Waals surface area contributed by atoms with Gasteiger partial charge in [-0.05, 0) is 50.2 Å². The van der Waals surface area contributed by atoms with Crippen LogP contribution in [0.15, 0.2) is 46.4 Å². The topological polar surface area (TPSA) is 59.9 Å². The number of nitrogens with two attached hydrogens (primary N) is 1. The van der Waals surface area contributed by atoms with E-state index in [0.717, 1.165) is 24.7 Å². The van der Waals surface area contributed by atoms with Crippen molar-refractivity contribution in [2.75, 3.05) is 19.6 Å². The van der Waals surface area contributed by atoms with Crippen molar-refractivity contribution in [2.24, 2.45) is 16.6 Å². The van der Waals surface area contributed by atoms with E-state index in [2.05, 4.69) is 56.6 Å². The number of nitrogens with one attached hydrogen (secondary N) is 1. The first kappa shape index (κ1) is 19.2. The van der Waals surface area contributed by atoms with Gasteiger partial charge in [-0.25, -0.2) is 4.99 Å². The molecule has 6 nitrogen and oxygen atoms in total. The third-order valence-corrected chi connectivity index (χ3v) is 8.23. The Hall–Kier alpha value is -1.54. The molecule has 30 heavy (non-hydrogen) atoms. The first-order valence-electron chi connectivity index (χ1n) is 11.4. The SMILES string of the molecule is CC(N)/C=C(\S)N1C[C@@H]2CCC3(C1)[C@H]2N3C1N=C2C(c3ccccc3)CCCN2N1. The molecule has 3 N–H and O–H groups in total. The van der Waals surface area contributed by atoms with Crippen LogP contribution in [0.5, 0.6) is 0 Å². The van der Waals surface area contributed by atoms with E-state index < -0.39 is 0 Å². The van der Waals surface area contributed by atoms with Crippen LogP contribution in [0.3, 0.4) is 0 Å². The number of piperidine rings is 3. The van der Waals surface area contributed by atoms with Crippen molar-refractivity contribution in [1.82, 2.24) is 20.2 Å². The van der Waals surface area contributed by atoms with Crippen LogP contribution >= 0.6 is 12.6 Å². The molecular formula is C23H32N6S. The highest BCUT2D eigenvalue weighted by Crippen LogP contribution is 2.61. The lowest BCUT2D eigenvalue weighted by molar-refractivity contribution is 0.172.